The number of hydrogen-bond acceptors (Lipinski definition) is 4. The highest BCUT2D eigenvalue weighted by atomic mass is 127. The van der Waals surface area contributed by atoms with Gasteiger partial charge in [0, 0.05) is 11.8 Å². The number of ether oxygens (including phenoxy) is 2. The largest absolute Gasteiger partial charge is 0.494 e. The van der Waals surface area contributed by atoms with Gasteiger partial charge in [-0.1, -0.05) is 42.0 Å². The van der Waals surface area contributed by atoms with Crippen molar-refractivity contribution >= 4 is 40.3 Å². The summed E-state index contributed by atoms with van der Waals surface area (Å²) < 4.78 is 12.3. The molecule has 3 aromatic carbocycles. The van der Waals surface area contributed by atoms with E-state index in [1.54, 1.807) is 24.3 Å². The Balaban J connectivity index is 1.69. The fourth-order valence-corrected chi connectivity index (χ4v) is 3.61. The van der Waals surface area contributed by atoms with E-state index in [2.05, 4.69) is 40.0 Å². The Labute approximate surface area is 201 Å². The fraction of sp³-hybridized carbons (Fsp3) is 0.154. The molecule has 0 aromatic heterocycles. The number of amides is 1. The van der Waals surface area contributed by atoms with Crippen LogP contribution in [-0.4, -0.2) is 12.5 Å². The van der Waals surface area contributed by atoms with Crippen LogP contribution in [0.1, 0.15) is 23.6 Å². The molecule has 162 valence electrons. The summed E-state index contributed by atoms with van der Waals surface area (Å²) >= 11 is 2.19. The van der Waals surface area contributed by atoms with E-state index in [-0.39, 0.29) is 5.57 Å². The average molecular weight is 538 g/mol. The summed E-state index contributed by atoms with van der Waals surface area (Å²) in [5, 5.41) is 12.2. The number of hydrogen-bond donors (Lipinski definition) is 1. The predicted molar refractivity (Wildman–Crippen MR) is 135 cm³/mol. The Morgan fingerprint density at radius 1 is 1.09 bits per heavy atom. The molecular formula is C26H23IN2O3. The first kappa shape index (κ1) is 23.4. The highest BCUT2D eigenvalue weighted by Crippen LogP contribution is 2.25. The van der Waals surface area contributed by atoms with Crippen LogP contribution in [-0.2, 0) is 11.4 Å². The van der Waals surface area contributed by atoms with Gasteiger partial charge in [-0.25, -0.2) is 0 Å². The second-order valence-corrected chi connectivity index (χ2v) is 8.21. The van der Waals surface area contributed by atoms with Crippen LogP contribution in [0.2, 0.25) is 0 Å². The molecule has 0 aliphatic heterocycles. The second kappa shape index (κ2) is 11.3. The van der Waals surface area contributed by atoms with Gasteiger partial charge in [0.1, 0.15) is 29.7 Å². The lowest BCUT2D eigenvalue weighted by atomic mass is 10.1. The number of nitriles is 1. The SMILES string of the molecule is CCOc1cccc(NC(=O)/C(C#N)=C\c2ccc(OCc3ccc(C)cc3)c(I)c2)c1. The highest BCUT2D eigenvalue weighted by molar-refractivity contribution is 14.1. The number of carbonyl (C=O) groups excluding carboxylic acids is 1. The first-order chi connectivity index (χ1) is 15.5. The van der Waals surface area contributed by atoms with E-state index in [4.69, 9.17) is 9.47 Å². The van der Waals surface area contributed by atoms with E-state index < -0.39 is 5.91 Å². The van der Waals surface area contributed by atoms with Crippen molar-refractivity contribution in [2.24, 2.45) is 0 Å². The van der Waals surface area contributed by atoms with Crippen LogP contribution in [0.15, 0.2) is 72.3 Å². The molecule has 32 heavy (non-hydrogen) atoms. The van der Waals surface area contributed by atoms with Gasteiger partial charge in [0.2, 0.25) is 0 Å². The third-order valence-corrected chi connectivity index (χ3v) is 5.39. The molecule has 0 unspecified atom stereocenters. The third kappa shape index (κ3) is 6.59. The monoisotopic (exact) mass is 538 g/mol. The number of rotatable bonds is 8. The Morgan fingerprint density at radius 2 is 1.88 bits per heavy atom. The number of anilines is 1. The molecular weight excluding hydrogens is 515 g/mol. The predicted octanol–water partition coefficient (Wildman–Crippen LogP) is 6.12. The van der Waals surface area contributed by atoms with Crippen LogP contribution >= 0.6 is 22.6 Å². The van der Waals surface area contributed by atoms with Crippen molar-refractivity contribution in [2.45, 2.75) is 20.5 Å². The molecule has 0 saturated carbocycles. The van der Waals surface area contributed by atoms with E-state index in [1.807, 2.05) is 56.3 Å². The molecule has 0 heterocycles. The van der Waals surface area contributed by atoms with E-state index in [9.17, 15) is 10.1 Å². The molecule has 0 atom stereocenters. The van der Waals surface area contributed by atoms with Crippen molar-refractivity contribution in [3.63, 3.8) is 0 Å². The normalized spacial score (nSPS) is 10.9. The molecule has 0 fully saturated rings. The Kier molecular flexibility index (Phi) is 8.28. The van der Waals surface area contributed by atoms with Gasteiger partial charge in [0.15, 0.2) is 0 Å². The zero-order valence-electron chi connectivity index (χ0n) is 17.9. The molecule has 1 amide bonds. The maximum absolute atomic E-state index is 12.6. The third-order valence-electron chi connectivity index (χ3n) is 4.55. The maximum atomic E-state index is 12.6. The van der Waals surface area contributed by atoms with Crippen molar-refractivity contribution in [1.82, 2.24) is 0 Å². The summed E-state index contributed by atoms with van der Waals surface area (Å²) in [5.41, 5.74) is 3.62. The molecule has 5 nitrogen and oxygen atoms in total. The molecule has 6 heteroatoms. The number of halogens is 1. The molecule has 3 aromatic rings. The van der Waals surface area contributed by atoms with Crippen molar-refractivity contribution < 1.29 is 14.3 Å². The van der Waals surface area contributed by atoms with Crippen molar-refractivity contribution in [3.05, 3.63) is 92.6 Å². The minimum atomic E-state index is -0.476. The van der Waals surface area contributed by atoms with E-state index in [0.29, 0.717) is 24.7 Å². The topological polar surface area (TPSA) is 71.3 Å². The summed E-state index contributed by atoms with van der Waals surface area (Å²) in [6.45, 7) is 4.94. The molecule has 1 N–H and O–H groups in total. The molecule has 0 radical (unpaired) electrons. The van der Waals surface area contributed by atoms with E-state index in [0.717, 1.165) is 20.4 Å². The van der Waals surface area contributed by atoms with Crippen molar-refractivity contribution in [2.75, 3.05) is 11.9 Å². The summed E-state index contributed by atoms with van der Waals surface area (Å²) in [6, 6.07) is 22.8. The first-order valence-electron chi connectivity index (χ1n) is 10.1. The lowest BCUT2D eigenvalue weighted by Gasteiger charge is -2.10. The molecule has 0 bridgehead atoms. The zero-order chi connectivity index (χ0) is 22.9. The second-order valence-electron chi connectivity index (χ2n) is 7.05. The first-order valence-corrected chi connectivity index (χ1v) is 11.2. The summed E-state index contributed by atoms with van der Waals surface area (Å²) in [5.74, 6) is 0.929. The van der Waals surface area contributed by atoms with Crippen LogP contribution in [0.5, 0.6) is 11.5 Å². The molecule has 0 aliphatic rings. The maximum Gasteiger partial charge on any atom is 0.266 e. The van der Waals surface area contributed by atoms with E-state index >= 15 is 0 Å². The number of nitrogens with one attached hydrogen (secondary N) is 1. The Hall–Kier alpha value is -3.31. The minimum absolute atomic E-state index is 0.0101. The van der Waals surface area contributed by atoms with Gasteiger partial charge in [-0.05, 0) is 77.9 Å². The van der Waals surface area contributed by atoms with Crippen LogP contribution in [0.3, 0.4) is 0 Å². The number of aryl methyl sites for hydroxylation is 1. The summed E-state index contributed by atoms with van der Waals surface area (Å²) in [6.07, 6.45) is 1.56. The quantitative estimate of drug-likeness (QED) is 0.213. The van der Waals surface area contributed by atoms with Crippen LogP contribution < -0.4 is 14.8 Å². The van der Waals surface area contributed by atoms with Crippen LogP contribution in [0, 0.1) is 21.8 Å². The minimum Gasteiger partial charge on any atom is -0.494 e. The van der Waals surface area contributed by atoms with Gasteiger partial charge < -0.3 is 14.8 Å². The highest BCUT2D eigenvalue weighted by Gasteiger charge is 2.11. The van der Waals surface area contributed by atoms with Gasteiger partial charge in [-0.15, -0.1) is 0 Å². The van der Waals surface area contributed by atoms with Gasteiger partial charge >= 0.3 is 0 Å². The average Bonchev–Trinajstić information content (AvgIpc) is 2.78. The smallest absolute Gasteiger partial charge is 0.266 e. The standard InChI is InChI=1S/C26H23IN2O3/c1-3-31-23-6-4-5-22(15-23)29-26(30)21(16-28)13-20-11-12-25(24(27)14-20)32-17-19-9-7-18(2)8-10-19/h4-15H,3,17H2,1-2H3,(H,29,30)/b21-13-. The fourth-order valence-electron chi connectivity index (χ4n) is 2.91. The Bertz CT molecular complexity index is 1160. The molecule has 0 spiro atoms. The zero-order valence-corrected chi connectivity index (χ0v) is 20.0. The van der Waals surface area contributed by atoms with Crippen LogP contribution in [0.4, 0.5) is 5.69 Å². The number of benzene rings is 3. The summed E-state index contributed by atoms with van der Waals surface area (Å²) in [4.78, 5) is 12.6. The lowest BCUT2D eigenvalue weighted by molar-refractivity contribution is -0.112. The number of carbonyl (C=O) groups is 1. The van der Waals surface area contributed by atoms with E-state index in [1.165, 1.54) is 5.56 Å². The van der Waals surface area contributed by atoms with Crippen molar-refractivity contribution in [3.8, 4) is 17.6 Å². The van der Waals surface area contributed by atoms with Gasteiger partial charge in [-0.3, -0.25) is 4.79 Å². The molecule has 3 rings (SSSR count). The van der Waals surface area contributed by atoms with Gasteiger partial charge in [0.05, 0.1) is 10.2 Å². The summed E-state index contributed by atoms with van der Waals surface area (Å²) in [7, 11) is 0. The molecule has 0 saturated heterocycles. The Morgan fingerprint density at radius 3 is 2.56 bits per heavy atom. The van der Waals surface area contributed by atoms with Gasteiger partial charge in [0.25, 0.3) is 5.91 Å². The van der Waals surface area contributed by atoms with Crippen LogP contribution in [0.25, 0.3) is 6.08 Å². The lowest BCUT2D eigenvalue weighted by Crippen LogP contribution is -2.13. The molecule has 0 aliphatic carbocycles. The number of nitrogens with zero attached hydrogens (tertiary/aromatic N) is 1. The van der Waals surface area contributed by atoms with Gasteiger partial charge in [-0.2, -0.15) is 5.26 Å². The van der Waals surface area contributed by atoms with Crippen molar-refractivity contribution in [1.29, 1.82) is 5.26 Å².